The van der Waals surface area contributed by atoms with Gasteiger partial charge in [0.1, 0.15) is 0 Å². The Bertz CT molecular complexity index is 523. The van der Waals surface area contributed by atoms with Gasteiger partial charge in [0.05, 0.1) is 12.6 Å². The molecule has 22 heavy (non-hydrogen) atoms. The van der Waals surface area contributed by atoms with Gasteiger partial charge in [-0.25, -0.2) is 0 Å². The Balaban J connectivity index is 2.54. The van der Waals surface area contributed by atoms with Crippen LogP contribution in [0, 0.1) is 0 Å². The van der Waals surface area contributed by atoms with Gasteiger partial charge in [0, 0.05) is 16.2 Å². The van der Waals surface area contributed by atoms with E-state index in [0.717, 1.165) is 0 Å². The van der Waals surface area contributed by atoms with Crippen LogP contribution < -0.4 is 10.6 Å². The molecule has 0 heterocycles. The van der Waals surface area contributed by atoms with Crippen molar-refractivity contribution in [1.82, 2.24) is 10.2 Å². The van der Waals surface area contributed by atoms with E-state index in [2.05, 4.69) is 10.6 Å². The highest BCUT2D eigenvalue weighted by atomic mass is 35.5. The molecule has 0 saturated carbocycles. The van der Waals surface area contributed by atoms with Crippen LogP contribution in [-0.2, 0) is 9.59 Å². The van der Waals surface area contributed by atoms with E-state index in [9.17, 15) is 9.59 Å². The zero-order valence-corrected chi connectivity index (χ0v) is 14.5. The molecular formula is C16H24ClN3O2. The van der Waals surface area contributed by atoms with Crippen LogP contribution in [0.15, 0.2) is 24.3 Å². The van der Waals surface area contributed by atoms with Crippen LogP contribution in [0.25, 0.3) is 0 Å². The number of benzene rings is 1. The molecule has 6 heteroatoms. The summed E-state index contributed by atoms with van der Waals surface area (Å²) in [6, 6.07) is 6.46. The van der Waals surface area contributed by atoms with E-state index in [1.165, 1.54) is 0 Å². The molecule has 1 rings (SSSR count). The first kappa shape index (κ1) is 18.5. The fraction of sp³-hybridized carbons (Fsp3) is 0.500. The summed E-state index contributed by atoms with van der Waals surface area (Å²) in [5.41, 5.74) is 0.390. The molecular weight excluding hydrogens is 302 g/mol. The minimum absolute atomic E-state index is 0.110. The van der Waals surface area contributed by atoms with Gasteiger partial charge in [0.15, 0.2) is 0 Å². The average Bonchev–Trinajstić information content (AvgIpc) is 2.38. The van der Waals surface area contributed by atoms with Crippen molar-refractivity contribution < 1.29 is 9.59 Å². The lowest BCUT2D eigenvalue weighted by molar-refractivity contribution is -0.125. The zero-order chi connectivity index (χ0) is 16.9. The Morgan fingerprint density at radius 3 is 2.27 bits per heavy atom. The first-order valence-corrected chi connectivity index (χ1v) is 7.54. The average molecular weight is 326 g/mol. The molecule has 0 bridgehead atoms. The van der Waals surface area contributed by atoms with Crippen molar-refractivity contribution in [1.29, 1.82) is 0 Å². The molecule has 0 radical (unpaired) electrons. The van der Waals surface area contributed by atoms with Gasteiger partial charge in [-0.05, 0) is 59.0 Å². The molecule has 0 aromatic heterocycles. The third-order valence-corrected chi connectivity index (χ3v) is 3.31. The van der Waals surface area contributed by atoms with Gasteiger partial charge in [-0.3, -0.25) is 14.5 Å². The van der Waals surface area contributed by atoms with E-state index >= 15 is 0 Å². The molecule has 2 amide bonds. The molecule has 0 aliphatic heterocycles. The summed E-state index contributed by atoms with van der Waals surface area (Å²) in [5, 5.41) is 6.29. The summed E-state index contributed by atoms with van der Waals surface area (Å²) < 4.78 is 0. The maximum absolute atomic E-state index is 12.2. The molecule has 0 spiro atoms. The van der Waals surface area contributed by atoms with Crippen molar-refractivity contribution in [2.75, 3.05) is 18.9 Å². The van der Waals surface area contributed by atoms with Crippen LogP contribution in [-0.4, -0.2) is 41.9 Å². The minimum Gasteiger partial charge on any atom is -0.350 e. The number of hydrogen-bond acceptors (Lipinski definition) is 3. The van der Waals surface area contributed by atoms with Crippen molar-refractivity contribution in [2.45, 2.75) is 39.3 Å². The Labute approximate surface area is 137 Å². The van der Waals surface area contributed by atoms with Crippen molar-refractivity contribution in [3.8, 4) is 0 Å². The summed E-state index contributed by atoms with van der Waals surface area (Å²) in [6.45, 7) is 7.67. The number of amides is 2. The number of anilines is 1. The summed E-state index contributed by atoms with van der Waals surface area (Å²) in [6.07, 6.45) is 0. The summed E-state index contributed by atoms with van der Waals surface area (Å²) in [7, 11) is 1.74. The summed E-state index contributed by atoms with van der Waals surface area (Å²) in [5.74, 6) is -0.283. The molecule has 0 aliphatic rings. The molecule has 2 N–H and O–H groups in total. The normalized spacial score (nSPS) is 12.9. The molecule has 0 saturated heterocycles. The van der Waals surface area contributed by atoms with Crippen LogP contribution >= 0.6 is 11.6 Å². The van der Waals surface area contributed by atoms with Crippen molar-refractivity contribution in [3.05, 3.63) is 29.3 Å². The van der Waals surface area contributed by atoms with Gasteiger partial charge in [-0.1, -0.05) is 11.6 Å². The molecule has 1 unspecified atom stereocenters. The smallest absolute Gasteiger partial charge is 0.241 e. The Hall–Kier alpha value is -1.59. The standard InChI is InChI=1S/C16H24ClN3O2/c1-11(20(5)10-14(21)19-16(2,3)4)15(22)18-13-8-6-12(17)7-9-13/h6-9,11H,10H2,1-5H3,(H,18,22)(H,19,21). The predicted octanol–water partition coefficient (Wildman–Crippen LogP) is 2.51. The number of carbonyl (C=O) groups excluding carboxylic acids is 2. The Morgan fingerprint density at radius 2 is 1.77 bits per heavy atom. The first-order chi connectivity index (χ1) is 10.1. The third-order valence-electron chi connectivity index (χ3n) is 3.06. The summed E-state index contributed by atoms with van der Waals surface area (Å²) >= 11 is 5.81. The predicted molar refractivity (Wildman–Crippen MR) is 90.1 cm³/mol. The zero-order valence-electron chi connectivity index (χ0n) is 13.7. The largest absolute Gasteiger partial charge is 0.350 e. The second kappa shape index (κ2) is 7.61. The first-order valence-electron chi connectivity index (χ1n) is 7.16. The molecule has 1 atom stereocenters. The van der Waals surface area contributed by atoms with Crippen molar-refractivity contribution in [3.63, 3.8) is 0 Å². The van der Waals surface area contributed by atoms with Crippen LogP contribution in [0.3, 0.4) is 0 Å². The van der Waals surface area contributed by atoms with Crippen LogP contribution in [0.5, 0.6) is 0 Å². The third kappa shape index (κ3) is 6.45. The lowest BCUT2D eigenvalue weighted by atomic mass is 10.1. The molecule has 0 fully saturated rings. The van der Waals surface area contributed by atoms with E-state index in [1.807, 2.05) is 20.8 Å². The lowest BCUT2D eigenvalue weighted by Crippen LogP contribution is -2.49. The quantitative estimate of drug-likeness (QED) is 0.874. The van der Waals surface area contributed by atoms with E-state index in [0.29, 0.717) is 10.7 Å². The van der Waals surface area contributed by atoms with Gasteiger partial charge in [0.2, 0.25) is 11.8 Å². The van der Waals surface area contributed by atoms with Gasteiger partial charge in [-0.15, -0.1) is 0 Å². The van der Waals surface area contributed by atoms with Gasteiger partial charge >= 0.3 is 0 Å². The molecule has 1 aromatic carbocycles. The SMILES string of the molecule is CC(C(=O)Nc1ccc(Cl)cc1)N(C)CC(=O)NC(C)(C)C. The maximum Gasteiger partial charge on any atom is 0.241 e. The fourth-order valence-corrected chi connectivity index (χ4v) is 1.93. The highest BCUT2D eigenvalue weighted by Crippen LogP contribution is 2.14. The number of carbonyl (C=O) groups is 2. The Morgan fingerprint density at radius 1 is 1.23 bits per heavy atom. The lowest BCUT2D eigenvalue weighted by Gasteiger charge is -2.26. The van der Waals surface area contributed by atoms with Crippen molar-refractivity contribution in [2.24, 2.45) is 0 Å². The van der Waals surface area contributed by atoms with Crippen molar-refractivity contribution >= 4 is 29.1 Å². The van der Waals surface area contributed by atoms with Gasteiger partial charge in [0.25, 0.3) is 0 Å². The Kier molecular flexibility index (Phi) is 6.38. The molecule has 122 valence electrons. The van der Waals surface area contributed by atoms with E-state index in [4.69, 9.17) is 11.6 Å². The van der Waals surface area contributed by atoms with E-state index in [1.54, 1.807) is 43.1 Å². The second-order valence-electron chi connectivity index (χ2n) is 6.39. The number of rotatable bonds is 5. The highest BCUT2D eigenvalue weighted by molar-refractivity contribution is 6.30. The molecule has 5 nitrogen and oxygen atoms in total. The number of nitrogens with one attached hydrogen (secondary N) is 2. The van der Waals surface area contributed by atoms with Gasteiger partial charge in [-0.2, -0.15) is 0 Å². The van der Waals surface area contributed by atoms with Gasteiger partial charge < -0.3 is 10.6 Å². The van der Waals surface area contributed by atoms with Crippen LogP contribution in [0.1, 0.15) is 27.7 Å². The number of halogens is 1. The van der Waals surface area contributed by atoms with E-state index in [-0.39, 0.29) is 23.9 Å². The van der Waals surface area contributed by atoms with Crippen LogP contribution in [0.2, 0.25) is 5.02 Å². The topological polar surface area (TPSA) is 61.4 Å². The maximum atomic E-state index is 12.2. The number of nitrogens with zero attached hydrogens (tertiary/aromatic N) is 1. The minimum atomic E-state index is -0.429. The number of likely N-dealkylation sites (N-methyl/N-ethyl adjacent to an activating group) is 1. The fourth-order valence-electron chi connectivity index (χ4n) is 1.80. The molecule has 1 aromatic rings. The van der Waals surface area contributed by atoms with Crippen LogP contribution in [0.4, 0.5) is 5.69 Å². The molecule has 0 aliphatic carbocycles. The number of hydrogen-bond donors (Lipinski definition) is 2. The highest BCUT2D eigenvalue weighted by Gasteiger charge is 2.22. The van der Waals surface area contributed by atoms with E-state index < -0.39 is 6.04 Å². The second-order valence-corrected chi connectivity index (χ2v) is 6.82. The monoisotopic (exact) mass is 325 g/mol. The summed E-state index contributed by atoms with van der Waals surface area (Å²) in [4.78, 5) is 25.8.